The molecule has 30 heavy (non-hydrogen) atoms. The summed E-state index contributed by atoms with van der Waals surface area (Å²) >= 11 is 12.2. The first kappa shape index (κ1) is 21.7. The maximum absolute atomic E-state index is 12.1. The van der Waals surface area contributed by atoms with E-state index in [9.17, 15) is 4.79 Å². The molecule has 0 fully saturated rings. The molecule has 3 aromatic rings. The van der Waals surface area contributed by atoms with Crippen LogP contribution in [0.1, 0.15) is 11.3 Å². The van der Waals surface area contributed by atoms with E-state index >= 15 is 0 Å². The molecule has 0 atom stereocenters. The fraction of sp³-hybridized carbons (Fsp3) is 0.250. The number of guanidine groups is 1. The Labute approximate surface area is 184 Å². The van der Waals surface area contributed by atoms with E-state index in [-0.39, 0.29) is 12.5 Å². The maximum atomic E-state index is 12.1. The van der Waals surface area contributed by atoms with E-state index in [1.807, 2.05) is 41.9 Å². The average Bonchev–Trinajstić information content (AvgIpc) is 3.32. The molecule has 0 aliphatic heterocycles. The lowest BCUT2D eigenvalue weighted by Gasteiger charge is -2.13. The van der Waals surface area contributed by atoms with Gasteiger partial charge in [-0.15, -0.1) is 0 Å². The van der Waals surface area contributed by atoms with Gasteiger partial charge in [-0.3, -0.25) is 14.5 Å². The van der Waals surface area contributed by atoms with E-state index in [1.54, 1.807) is 30.2 Å². The highest BCUT2D eigenvalue weighted by Crippen LogP contribution is 2.24. The number of hydrogen-bond acceptors (Lipinski definition) is 3. The first-order chi connectivity index (χ1) is 14.5. The number of hydrogen-bond donors (Lipinski definition) is 3. The van der Waals surface area contributed by atoms with Crippen LogP contribution in [0.5, 0.6) is 0 Å². The second-order valence-electron chi connectivity index (χ2n) is 6.56. The molecule has 8 nitrogen and oxygen atoms in total. The zero-order chi connectivity index (χ0) is 21.5. The Bertz CT molecular complexity index is 1030. The number of carbonyl (C=O) groups excluding carboxylic acids is 1. The van der Waals surface area contributed by atoms with Gasteiger partial charge in [0, 0.05) is 44.4 Å². The van der Waals surface area contributed by atoms with Crippen LogP contribution < -0.4 is 16.0 Å². The van der Waals surface area contributed by atoms with Crippen molar-refractivity contribution in [3.63, 3.8) is 0 Å². The normalized spacial score (nSPS) is 11.4. The number of anilines is 1. The molecule has 0 saturated carbocycles. The number of carbonyl (C=O) groups is 1. The zero-order valence-electron chi connectivity index (χ0n) is 16.7. The lowest BCUT2D eigenvalue weighted by atomic mass is 10.2. The van der Waals surface area contributed by atoms with Crippen LogP contribution >= 0.6 is 23.2 Å². The molecular weight excluding hydrogens is 425 g/mol. The zero-order valence-corrected chi connectivity index (χ0v) is 18.2. The summed E-state index contributed by atoms with van der Waals surface area (Å²) in [6.07, 6.45) is 3.39. The molecule has 3 rings (SSSR count). The van der Waals surface area contributed by atoms with Crippen LogP contribution in [0, 0.1) is 0 Å². The van der Waals surface area contributed by atoms with Gasteiger partial charge in [0.1, 0.15) is 11.7 Å². The largest absolute Gasteiger partial charge is 0.352 e. The Morgan fingerprint density at radius 1 is 1.17 bits per heavy atom. The van der Waals surface area contributed by atoms with Gasteiger partial charge in [0.15, 0.2) is 5.96 Å². The predicted molar refractivity (Wildman–Crippen MR) is 120 cm³/mol. The standard InChI is InChI=1S/C20H23Cl2N7O/c1-23-20(25-12-16-10-17(21)19(22)28(16)2)24-11-14-5-3-6-15(9-14)27-18(30)13-29-8-4-7-26-29/h3-10H,11-13H2,1-2H3,(H,27,30)(H2,23,24,25). The molecule has 0 unspecified atom stereocenters. The van der Waals surface area contributed by atoms with E-state index in [0.717, 1.165) is 16.9 Å². The minimum atomic E-state index is -0.138. The quantitative estimate of drug-likeness (QED) is 0.383. The molecule has 1 amide bonds. The molecular formula is C20H23Cl2N7O. The van der Waals surface area contributed by atoms with Gasteiger partial charge in [0.25, 0.3) is 0 Å². The molecule has 1 aromatic carbocycles. The third-order valence-corrected chi connectivity index (χ3v) is 5.25. The lowest BCUT2D eigenvalue weighted by molar-refractivity contribution is -0.116. The van der Waals surface area contributed by atoms with E-state index < -0.39 is 0 Å². The second-order valence-corrected chi connectivity index (χ2v) is 7.33. The molecule has 2 heterocycles. The van der Waals surface area contributed by atoms with Crippen molar-refractivity contribution in [2.24, 2.45) is 12.0 Å². The SMILES string of the molecule is CN=C(NCc1cccc(NC(=O)Cn2cccn2)c1)NCc1cc(Cl)c(Cl)n1C. The summed E-state index contributed by atoms with van der Waals surface area (Å²) in [5, 5.41) is 14.4. The minimum Gasteiger partial charge on any atom is -0.352 e. The highest BCUT2D eigenvalue weighted by atomic mass is 35.5. The average molecular weight is 448 g/mol. The van der Waals surface area contributed by atoms with Crippen LogP contribution in [-0.4, -0.2) is 33.3 Å². The summed E-state index contributed by atoms with van der Waals surface area (Å²) in [6, 6.07) is 11.2. The summed E-state index contributed by atoms with van der Waals surface area (Å²) in [5.41, 5.74) is 2.66. The Hall–Kier alpha value is -2.97. The molecule has 0 aliphatic carbocycles. The van der Waals surface area contributed by atoms with Crippen molar-refractivity contribution in [2.45, 2.75) is 19.6 Å². The molecule has 2 aromatic heterocycles. The van der Waals surface area contributed by atoms with Crippen molar-refractivity contribution in [3.05, 3.63) is 70.2 Å². The maximum Gasteiger partial charge on any atom is 0.246 e. The van der Waals surface area contributed by atoms with Gasteiger partial charge in [0.2, 0.25) is 5.91 Å². The predicted octanol–water partition coefficient (Wildman–Crippen LogP) is 3.03. The molecule has 158 valence electrons. The van der Waals surface area contributed by atoms with Crippen molar-refractivity contribution < 1.29 is 4.79 Å². The fourth-order valence-corrected chi connectivity index (χ4v) is 3.26. The number of aliphatic imine (C=N–C) groups is 1. The van der Waals surface area contributed by atoms with Crippen LogP contribution in [0.25, 0.3) is 0 Å². The summed E-state index contributed by atoms with van der Waals surface area (Å²) in [7, 11) is 3.56. The topological polar surface area (TPSA) is 88.3 Å². The van der Waals surface area contributed by atoms with Crippen molar-refractivity contribution in [1.29, 1.82) is 0 Å². The molecule has 0 bridgehead atoms. The first-order valence-corrected chi connectivity index (χ1v) is 10.0. The first-order valence-electron chi connectivity index (χ1n) is 9.26. The third kappa shape index (κ3) is 5.77. The number of nitrogens with zero attached hydrogens (tertiary/aromatic N) is 4. The van der Waals surface area contributed by atoms with Crippen LogP contribution in [0.2, 0.25) is 10.2 Å². The van der Waals surface area contributed by atoms with Crippen molar-refractivity contribution in [1.82, 2.24) is 25.0 Å². The number of halogens is 2. The highest BCUT2D eigenvalue weighted by Gasteiger charge is 2.09. The second kappa shape index (κ2) is 10.2. The van der Waals surface area contributed by atoms with E-state index in [2.05, 4.69) is 26.0 Å². The fourth-order valence-electron chi connectivity index (χ4n) is 2.84. The van der Waals surface area contributed by atoms with Crippen molar-refractivity contribution in [3.8, 4) is 0 Å². The van der Waals surface area contributed by atoms with Crippen LogP contribution in [0.15, 0.2) is 53.8 Å². The minimum absolute atomic E-state index is 0.138. The summed E-state index contributed by atoms with van der Waals surface area (Å²) in [5.74, 6) is 0.498. The van der Waals surface area contributed by atoms with Crippen LogP contribution in [-0.2, 0) is 31.5 Å². The third-order valence-electron chi connectivity index (χ3n) is 4.41. The lowest BCUT2D eigenvalue weighted by Crippen LogP contribution is -2.36. The summed E-state index contributed by atoms with van der Waals surface area (Å²) < 4.78 is 3.39. The van der Waals surface area contributed by atoms with Gasteiger partial charge in [-0.05, 0) is 29.8 Å². The molecule has 0 radical (unpaired) electrons. The van der Waals surface area contributed by atoms with Gasteiger partial charge in [-0.1, -0.05) is 35.3 Å². The van der Waals surface area contributed by atoms with Crippen molar-refractivity contribution in [2.75, 3.05) is 12.4 Å². The number of rotatable bonds is 7. The monoisotopic (exact) mass is 447 g/mol. The molecule has 10 heteroatoms. The number of nitrogens with one attached hydrogen (secondary N) is 3. The number of amides is 1. The van der Waals surface area contributed by atoms with E-state index in [4.69, 9.17) is 23.2 Å². The van der Waals surface area contributed by atoms with Crippen molar-refractivity contribution >= 4 is 40.8 Å². The summed E-state index contributed by atoms with van der Waals surface area (Å²) in [6.45, 7) is 1.22. The van der Waals surface area contributed by atoms with E-state index in [0.29, 0.717) is 29.2 Å². The van der Waals surface area contributed by atoms with E-state index in [1.165, 1.54) is 0 Å². The van der Waals surface area contributed by atoms with Gasteiger partial charge < -0.3 is 20.5 Å². The molecule has 3 N–H and O–H groups in total. The smallest absolute Gasteiger partial charge is 0.246 e. The Kier molecular flexibility index (Phi) is 7.37. The van der Waals surface area contributed by atoms with Gasteiger partial charge in [-0.25, -0.2) is 0 Å². The van der Waals surface area contributed by atoms with Crippen LogP contribution in [0.4, 0.5) is 5.69 Å². The number of aromatic nitrogens is 3. The molecule has 0 aliphatic rings. The number of benzene rings is 1. The van der Waals surface area contributed by atoms with Gasteiger partial charge in [0.05, 0.1) is 11.6 Å². The Morgan fingerprint density at radius 2 is 1.97 bits per heavy atom. The highest BCUT2D eigenvalue weighted by molar-refractivity contribution is 6.41. The Morgan fingerprint density at radius 3 is 2.63 bits per heavy atom. The summed E-state index contributed by atoms with van der Waals surface area (Å²) in [4.78, 5) is 16.4. The van der Waals surface area contributed by atoms with Gasteiger partial charge in [-0.2, -0.15) is 5.10 Å². The Balaban J connectivity index is 1.52. The molecule has 0 spiro atoms. The van der Waals surface area contributed by atoms with Crippen LogP contribution in [0.3, 0.4) is 0 Å². The van der Waals surface area contributed by atoms with Gasteiger partial charge >= 0.3 is 0 Å². The molecule has 0 saturated heterocycles.